The number of anilines is 1. The van der Waals surface area contributed by atoms with Crippen molar-refractivity contribution in [2.75, 3.05) is 16.8 Å². The van der Waals surface area contributed by atoms with Crippen molar-refractivity contribution in [1.82, 2.24) is 0 Å². The standard InChI is InChI=1S/C17H19NO2S/c19-21-11-9-14(10-12-21)18-15-5-4-8-17(13-15)20-16-6-2-1-3-7-16/h1-8,13-14,18H,9-12H2. The Hall–Kier alpha value is -1.81. The Morgan fingerprint density at radius 1 is 0.952 bits per heavy atom. The Morgan fingerprint density at radius 3 is 2.43 bits per heavy atom. The van der Waals surface area contributed by atoms with Gasteiger partial charge in [-0.1, -0.05) is 24.3 Å². The normalized spacial score (nSPS) is 21.7. The van der Waals surface area contributed by atoms with Crippen LogP contribution in [0.3, 0.4) is 0 Å². The fraction of sp³-hybridized carbons (Fsp3) is 0.294. The summed E-state index contributed by atoms with van der Waals surface area (Å²) in [5, 5.41) is 3.51. The summed E-state index contributed by atoms with van der Waals surface area (Å²) < 4.78 is 17.2. The molecule has 3 rings (SSSR count). The molecule has 0 bridgehead atoms. The predicted molar refractivity (Wildman–Crippen MR) is 87.5 cm³/mol. The first-order chi connectivity index (χ1) is 10.3. The number of benzene rings is 2. The average Bonchev–Trinajstić information content (AvgIpc) is 2.51. The molecule has 0 unspecified atom stereocenters. The van der Waals surface area contributed by atoms with Gasteiger partial charge in [0.15, 0.2) is 0 Å². The summed E-state index contributed by atoms with van der Waals surface area (Å²) in [5.41, 5.74) is 1.06. The summed E-state index contributed by atoms with van der Waals surface area (Å²) in [4.78, 5) is 0. The van der Waals surface area contributed by atoms with Crippen LogP contribution in [0.2, 0.25) is 0 Å². The van der Waals surface area contributed by atoms with Crippen LogP contribution in [0.5, 0.6) is 11.5 Å². The fourth-order valence-corrected chi connectivity index (χ4v) is 3.75. The third kappa shape index (κ3) is 4.08. The number of nitrogens with one attached hydrogen (secondary N) is 1. The highest BCUT2D eigenvalue weighted by molar-refractivity contribution is 7.85. The van der Waals surface area contributed by atoms with Gasteiger partial charge in [0.05, 0.1) is 0 Å². The third-order valence-electron chi connectivity index (χ3n) is 3.57. The zero-order chi connectivity index (χ0) is 14.5. The lowest BCUT2D eigenvalue weighted by molar-refractivity contribution is 0.483. The highest BCUT2D eigenvalue weighted by atomic mass is 32.2. The van der Waals surface area contributed by atoms with Crippen molar-refractivity contribution >= 4 is 16.5 Å². The van der Waals surface area contributed by atoms with Crippen LogP contribution in [-0.4, -0.2) is 21.8 Å². The van der Waals surface area contributed by atoms with Crippen LogP contribution in [0, 0.1) is 0 Å². The molecule has 1 aliphatic heterocycles. The van der Waals surface area contributed by atoms with E-state index < -0.39 is 10.8 Å². The van der Waals surface area contributed by atoms with E-state index in [0.717, 1.165) is 41.5 Å². The second-order valence-corrected chi connectivity index (χ2v) is 6.91. The predicted octanol–water partition coefficient (Wildman–Crippen LogP) is 3.80. The molecule has 110 valence electrons. The largest absolute Gasteiger partial charge is 0.457 e. The molecule has 4 heteroatoms. The molecular formula is C17H19NO2S. The number of hydrogen-bond donors (Lipinski definition) is 1. The molecule has 1 heterocycles. The van der Waals surface area contributed by atoms with Crippen molar-refractivity contribution in [3.8, 4) is 11.5 Å². The Bertz CT molecular complexity index is 605. The molecule has 1 aliphatic rings. The average molecular weight is 301 g/mol. The van der Waals surface area contributed by atoms with Gasteiger partial charge in [-0.15, -0.1) is 0 Å². The summed E-state index contributed by atoms with van der Waals surface area (Å²) >= 11 is 0. The smallest absolute Gasteiger partial charge is 0.129 e. The second-order valence-electron chi connectivity index (χ2n) is 5.21. The topological polar surface area (TPSA) is 38.3 Å². The lowest BCUT2D eigenvalue weighted by Gasteiger charge is -2.23. The molecule has 0 aliphatic carbocycles. The SMILES string of the molecule is O=S1CCC(Nc2cccc(Oc3ccccc3)c2)CC1. The molecule has 0 amide bonds. The minimum absolute atomic E-state index is 0.412. The van der Waals surface area contributed by atoms with E-state index in [1.807, 2.05) is 54.6 Å². The molecular weight excluding hydrogens is 282 g/mol. The Morgan fingerprint density at radius 2 is 1.67 bits per heavy atom. The first-order valence-electron chi connectivity index (χ1n) is 7.24. The maximum Gasteiger partial charge on any atom is 0.129 e. The molecule has 3 nitrogen and oxygen atoms in total. The highest BCUT2D eigenvalue weighted by Crippen LogP contribution is 2.25. The van der Waals surface area contributed by atoms with Gasteiger partial charge < -0.3 is 10.1 Å². The molecule has 0 atom stereocenters. The number of rotatable bonds is 4. The van der Waals surface area contributed by atoms with E-state index >= 15 is 0 Å². The van der Waals surface area contributed by atoms with E-state index in [2.05, 4.69) is 5.32 Å². The van der Waals surface area contributed by atoms with Crippen LogP contribution in [0.15, 0.2) is 54.6 Å². The zero-order valence-electron chi connectivity index (χ0n) is 11.8. The minimum atomic E-state index is -0.615. The summed E-state index contributed by atoms with van der Waals surface area (Å²) in [6.45, 7) is 0. The van der Waals surface area contributed by atoms with Gasteiger partial charge in [-0.25, -0.2) is 0 Å². The van der Waals surface area contributed by atoms with Crippen LogP contribution in [-0.2, 0) is 10.8 Å². The first kappa shape index (κ1) is 14.1. The third-order valence-corrected chi connectivity index (χ3v) is 4.95. The van der Waals surface area contributed by atoms with Gasteiger partial charge in [0.25, 0.3) is 0 Å². The quantitative estimate of drug-likeness (QED) is 0.933. The van der Waals surface area contributed by atoms with Crippen LogP contribution in [0.25, 0.3) is 0 Å². The van der Waals surface area contributed by atoms with E-state index in [1.165, 1.54) is 0 Å². The Balaban J connectivity index is 1.64. The molecule has 1 saturated heterocycles. The Kier molecular flexibility index (Phi) is 4.55. The minimum Gasteiger partial charge on any atom is -0.457 e. The fourth-order valence-electron chi connectivity index (χ4n) is 2.45. The van der Waals surface area contributed by atoms with Crippen molar-refractivity contribution in [2.45, 2.75) is 18.9 Å². The van der Waals surface area contributed by atoms with Crippen molar-refractivity contribution in [3.05, 3.63) is 54.6 Å². The summed E-state index contributed by atoms with van der Waals surface area (Å²) in [7, 11) is -0.615. The van der Waals surface area contributed by atoms with E-state index in [1.54, 1.807) is 0 Å². The van der Waals surface area contributed by atoms with Crippen LogP contribution < -0.4 is 10.1 Å². The van der Waals surface area contributed by atoms with Gasteiger partial charge in [-0.3, -0.25) is 4.21 Å². The number of hydrogen-bond acceptors (Lipinski definition) is 3. The Labute approximate surface area is 127 Å². The van der Waals surface area contributed by atoms with E-state index in [4.69, 9.17) is 4.74 Å². The molecule has 0 radical (unpaired) electrons. The van der Waals surface area contributed by atoms with Gasteiger partial charge in [-0.05, 0) is 37.1 Å². The lowest BCUT2D eigenvalue weighted by atomic mass is 10.1. The van der Waals surface area contributed by atoms with Gasteiger partial charge in [0, 0.05) is 40.1 Å². The maximum absolute atomic E-state index is 11.4. The van der Waals surface area contributed by atoms with Gasteiger partial charge in [0.2, 0.25) is 0 Å². The molecule has 21 heavy (non-hydrogen) atoms. The maximum atomic E-state index is 11.4. The molecule has 2 aromatic carbocycles. The van der Waals surface area contributed by atoms with Crippen molar-refractivity contribution < 1.29 is 8.95 Å². The second kappa shape index (κ2) is 6.76. The first-order valence-corrected chi connectivity index (χ1v) is 8.73. The molecule has 0 aromatic heterocycles. The van der Waals surface area contributed by atoms with Gasteiger partial charge >= 0.3 is 0 Å². The number of para-hydroxylation sites is 1. The molecule has 0 spiro atoms. The van der Waals surface area contributed by atoms with Crippen LogP contribution in [0.4, 0.5) is 5.69 Å². The molecule has 1 fully saturated rings. The zero-order valence-corrected chi connectivity index (χ0v) is 12.6. The summed E-state index contributed by atoms with van der Waals surface area (Å²) in [5.74, 6) is 3.27. The monoisotopic (exact) mass is 301 g/mol. The lowest BCUT2D eigenvalue weighted by Crippen LogP contribution is -2.29. The molecule has 0 saturated carbocycles. The van der Waals surface area contributed by atoms with E-state index in [-0.39, 0.29) is 0 Å². The van der Waals surface area contributed by atoms with Crippen LogP contribution in [0.1, 0.15) is 12.8 Å². The van der Waals surface area contributed by atoms with Crippen LogP contribution >= 0.6 is 0 Å². The van der Waals surface area contributed by atoms with Crippen molar-refractivity contribution in [3.63, 3.8) is 0 Å². The molecule has 1 N–H and O–H groups in total. The van der Waals surface area contributed by atoms with Crippen molar-refractivity contribution in [2.24, 2.45) is 0 Å². The van der Waals surface area contributed by atoms with Crippen molar-refractivity contribution in [1.29, 1.82) is 0 Å². The van der Waals surface area contributed by atoms with E-state index in [0.29, 0.717) is 6.04 Å². The summed E-state index contributed by atoms with van der Waals surface area (Å²) in [6, 6.07) is 18.2. The summed E-state index contributed by atoms with van der Waals surface area (Å²) in [6.07, 6.45) is 1.94. The van der Waals surface area contributed by atoms with E-state index in [9.17, 15) is 4.21 Å². The molecule has 2 aromatic rings. The number of ether oxygens (including phenoxy) is 1. The van der Waals surface area contributed by atoms with Gasteiger partial charge in [-0.2, -0.15) is 0 Å². The van der Waals surface area contributed by atoms with Gasteiger partial charge in [0.1, 0.15) is 11.5 Å². The highest BCUT2D eigenvalue weighted by Gasteiger charge is 2.17.